The Balaban J connectivity index is 1.47. The molecule has 12 nitrogen and oxygen atoms in total. The predicted molar refractivity (Wildman–Crippen MR) is 163 cm³/mol. The maximum atomic E-state index is 16.7. The van der Waals surface area contributed by atoms with Gasteiger partial charge >= 0.3 is 12.1 Å². The van der Waals surface area contributed by atoms with E-state index in [4.69, 9.17) is 28.4 Å². The summed E-state index contributed by atoms with van der Waals surface area (Å²) in [4.78, 5) is 28.5. The zero-order valence-electron chi connectivity index (χ0n) is 25.7. The van der Waals surface area contributed by atoms with Gasteiger partial charge in [0.2, 0.25) is 5.88 Å². The van der Waals surface area contributed by atoms with Gasteiger partial charge in [0.1, 0.15) is 23.6 Å². The lowest BCUT2D eigenvalue weighted by molar-refractivity contribution is -0.123. The van der Waals surface area contributed by atoms with Crippen LogP contribution in [0.4, 0.5) is 9.18 Å². The van der Waals surface area contributed by atoms with E-state index in [1.54, 1.807) is 11.0 Å². The summed E-state index contributed by atoms with van der Waals surface area (Å²) in [6.45, 7) is 3.33. The van der Waals surface area contributed by atoms with Crippen molar-refractivity contribution in [3.05, 3.63) is 47.9 Å². The number of methoxy groups -OCH3 is 3. The van der Waals surface area contributed by atoms with E-state index in [-0.39, 0.29) is 54.0 Å². The Kier molecular flexibility index (Phi) is 9.21. The quantitative estimate of drug-likeness (QED) is 0.239. The number of fused-ring (bicyclic) bond motifs is 4. The molecular weight excluding hydrogens is 585 g/mol. The summed E-state index contributed by atoms with van der Waals surface area (Å²) >= 11 is 0. The van der Waals surface area contributed by atoms with Crippen LogP contribution in [0.15, 0.2) is 36.5 Å². The number of hydrogen-bond donors (Lipinski definition) is 1. The van der Waals surface area contributed by atoms with Crippen LogP contribution in [0.25, 0.3) is 32.9 Å². The number of pyridine rings is 1. The molecular formula is C32H36FN5O7. The standard InChI is InChI=1S/C32H36FN5O7/c1-5-18-7-6-8-19-11-22(44-17-40-2)12-23(26(18)19)28-27(33)29-24(15-35-28)30(37-31(36-29)43-16-25(41-3)42-4)45-32(39)38-20-9-10-21(38)14-34-13-20/h6-8,11-12,15,20-21,25,34H,5,9-10,13-14,16-17H2,1-4H3. The number of piperazine rings is 1. The number of carbonyl (C=O) groups is 1. The number of amides is 1. The summed E-state index contributed by atoms with van der Waals surface area (Å²) in [6, 6.07) is 9.32. The highest BCUT2D eigenvalue weighted by Gasteiger charge is 2.41. The molecule has 2 bridgehead atoms. The summed E-state index contributed by atoms with van der Waals surface area (Å²) in [6.07, 6.45) is 2.60. The summed E-state index contributed by atoms with van der Waals surface area (Å²) in [7, 11) is 4.45. The predicted octanol–water partition coefficient (Wildman–Crippen LogP) is 4.46. The molecule has 2 fully saturated rings. The Labute approximate surface area is 259 Å². The number of carbonyl (C=O) groups excluding carboxylic acids is 1. The monoisotopic (exact) mass is 621 g/mol. The van der Waals surface area contributed by atoms with E-state index in [1.807, 2.05) is 31.2 Å². The van der Waals surface area contributed by atoms with Crippen molar-refractivity contribution in [1.29, 1.82) is 0 Å². The van der Waals surface area contributed by atoms with Gasteiger partial charge in [-0.25, -0.2) is 9.18 Å². The van der Waals surface area contributed by atoms with Crippen LogP contribution < -0.4 is 19.5 Å². The molecule has 13 heteroatoms. The highest BCUT2D eigenvalue weighted by molar-refractivity contribution is 6.01. The number of hydrogen-bond acceptors (Lipinski definition) is 11. The fraction of sp³-hybridized carbons (Fsp3) is 0.438. The van der Waals surface area contributed by atoms with Crippen molar-refractivity contribution in [1.82, 2.24) is 25.2 Å². The molecule has 2 unspecified atom stereocenters. The van der Waals surface area contributed by atoms with Crippen LogP contribution in [-0.4, -0.2) is 92.1 Å². The maximum Gasteiger partial charge on any atom is 0.417 e. The Hall–Kier alpha value is -4.17. The molecule has 1 N–H and O–H groups in total. The number of ether oxygens (including phenoxy) is 6. The molecule has 2 saturated heterocycles. The number of rotatable bonds is 11. The van der Waals surface area contributed by atoms with Crippen molar-refractivity contribution in [3.8, 4) is 28.9 Å². The molecule has 2 aromatic heterocycles. The van der Waals surface area contributed by atoms with Gasteiger partial charge in [-0.1, -0.05) is 25.1 Å². The lowest BCUT2D eigenvalue weighted by Gasteiger charge is -2.34. The third-order valence-corrected chi connectivity index (χ3v) is 8.29. The zero-order chi connectivity index (χ0) is 31.5. The van der Waals surface area contributed by atoms with Gasteiger partial charge in [0.05, 0.1) is 5.39 Å². The average molecular weight is 622 g/mol. The molecule has 0 saturated carbocycles. The number of benzene rings is 2. The van der Waals surface area contributed by atoms with E-state index in [1.165, 1.54) is 27.5 Å². The van der Waals surface area contributed by atoms with Crippen LogP contribution in [0.1, 0.15) is 25.3 Å². The van der Waals surface area contributed by atoms with Gasteiger partial charge in [-0.2, -0.15) is 9.97 Å². The van der Waals surface area contributed by atoms with E-state index in [0.717, 1.165) is 29.2 Å². The summed E-state index contributed by atoms with van der Waals surface area (Å²) in [5.74, 6) is -0.393. The number of aryl methyl sites for hydroxylation is 1. The average Bonchev–Trinajstić information content (AvgIpc) is 3.32. The minimum atomic E-state index is -0.731. The molecule has 0 spiro atoms. The first-order valence-corrected chi connectivity index (χ1v) is 14.9. The van der Waals surface area contributed by atoms with Crippen molar-refractivity contribution in [2.45, 2.75) is 44.6 Å². The Morgan fingerprint density at radius 3 is 2.58 bits per heavy atom. The molecule has 45 heavy (non-hydrogen) atoms. The molecule has 238 valence electrons. The fourth-order valence-electron chi connectivity index (χ4n) is 6.10. The summed E-state index contributed by atoms with van der Waals surface area (Å²) in [5, 5.41) is 5.17. The molecule has 0 aliphatic carbocycles. The van der Waals surface area contributed by atoms with Gasteiger partial charge in [0.15, 0.2) is 18.9 Å². The number of halogens is 1. The second-order valence-electron chi connectivity index (χ2n) is 10.9. The van der Waals surface area contributed by atoms with Crippen molar-refractivity contribution >= 4 is 27.8 Å². The second-order valence-corrected chi connectivity index (χ2v) is 10.9. The highest BCUT2D eigenvalue weighted by atomic mass is 19.1. The van der Waals surface area contributed by atoms with Crippen LogP contribution in [-0.2, 0) is 20.6 Å². The molecule has 4 heterocycles. The topological polar surface area (TPSA) is 126 Å². The highest BCUT2D eigenvalue weighted by Crippen LogP contribution is 2.39. The molecule has 6 rings (SSSR count). The summed E-state index contributed by atoms with van der Waals surface area (Å²) < 4.78 is 49.6. The molecule has 1 amide bonds. The van der Waals surface area contributed by atoms with Crippen LogP contribution in [0, 0.1) is 5.82 Å². The molecule has 2 aliphatic heterocycles. The van der Waals surface area contributed by atoms with Crippen molar-refractivity contribution < 1.29 is 37.6 Å². The van der Waals surface area contributed by atoms with Crippen LogP contribution >= 0.6 is 0 Å². The third-order valence-electron chi connectivity index (χ3n) is 8.29. The number of aromatic nitrogens is 3. The third kappa shape index (κ3) is 6.08. The Morgan fingerprint density at radius 1 is 1.09 bits per heavy atom. The van der Waals surface area contributed by atoms with Gasteiger partial charge in [0.25, 0.3) is 0 Å². The largest absolute Gasteiger partial charge is 0.468 e. The molecule has 2 aliphatic rings. The fourth-order valence-corrected chi connectivity index (χ4v) is 6.10. The molecule has 2 atom stereocenters. The Bertz CT molecular complexity index is 1690. The van der Waals surface area contributed by atoms with Crippen LogP contribution in [0.5, 0.6) is 17.6 Å². The normalized spacial score (nSPS) is 17.8. The van der Waals surface area contributed by atoms with E-state index < -0.39 is 18.2 Å². The lowest BCUT2D eigenvalue weighted by atomic mass is 9.95. The minimum absolute atomic E-state index is 0.0133. The molecule has 4 aromatic rings. The number of nitrogens with one attached hydrogen (secondary N) is 1. The Morgan fingerprint density at radius 2 is 1.87 bits per heavy atom. The first-order valence-electron chi connectivity index (χ1n) is 14.9. The van der Waals surface area contributed by atoms with Gasteiger partial charge in [-0.3, -0.25) is 9.88 Å². The van der Waals surface area contributed by atoms with Crippen molar-refractivity contribution in [2.24, 2.45) is 0 Å². The van der Waals surface area contributed by atoms with Crippen LogP contribution in [0.3, 0.4) is 0 Å². The number of nitrogens with zero attached hydrogens (tertiary/aromatic N) is 4. The van der Waals surface area contributed by atoms with Crippen molar-refractivity contribution in [3.63, 3.8) is 0 Å². The van der Waals surface area contributed by atoms with Gasteiger partial charge in [-0.15, -0.1) is 0 Å². The van der Waals surface area contributed by atoms with Gasteiger partial charge in [0, 0.05) is 58.3 Å². The van der Waals surface area contributed by atoms with Crippen LogP contribution in [0.2, 0.25) is 0 Å². The van der Waals surface area contributed by atoms with E-state index in [9.17, 15) is 4.79 Å². The van der Waals surface area contributed by atoms with Gasteiger partial charge < -0.3 is 33.7 Å². The maximum absolute atomic E-state index is 16.7. The van der Waals surface area contributed by atoms with E-state index in [2.05, 4.69) is 20.3 Å². The summed E-state index contributed by atoms with van der Waals surface area (Å²) in [5.41, 5.74) is 1.46. The molecule has 0 radical (unpaired) electrons. The van der Waals surface area contributed by atoms with Gasteiger partial charge in [-0.05, 0) is 47.7 Å². The zero-order valence-corrected chi connectivity index (χ0v) is 25.7. The SMILES string of the molecule is CCc1cccc2cc(OCOC)cc(-c3ncc4c(OC(=O)N5C6CCC5CNC6)nc(OCC(OC)OC)nc4c3F)c12. The minimum Gasteiger partial charge on any atom is -0.468 e. The first-order chi connectivity index (χ1) is 21.9. The lowest BCUT2D eigenvalue weighted by Crippen LogP contribution is -2.55. The smallest absolute Gasteiger partial charge is 0.417 e. The molecule has 2 aromatic carbocycles. The second kappa shape index (κ2) is 13.4. The van der Waals surface area contributed by atoms with E-state index >= 15 is 4.39 Å². The first kappa shape index (κ1) is 30.8. The van der Waals surface area contributed by atoms with Crippen molar-refractivity contribution in [2.75, 3.05) is 47.8 Å². The van der Waals surface area contributed by atoms with E-state index in [0.29, 0.717) is 30.8 Å².